The zero-order valence-electron chi connectivity index (χ0n) is 12.4. The second-order valence-electron chi connectivity index (χ2n) is 4.51. The molecule has 0 saturated carbocycles. The number of carbonyl (C=O) groups is 1. The Labute approximate surface area is 119 Å². The molecule has 0 unspecified atom stereocenters. The van der Waals surface area contributed by atoms with E-state index in [4.69, 9.17) is 5.84 Å². The van der Waals surface area contributed by atoms with Crippen LogP contribution in [0, 0.1) is 0 Å². The summed E-state index contributed by atoms with van der Waals surface area (Å²) in [5.74, 6) is 6.87. The van der Waals surface area contributed by atoms with Crippen LogP contribution >= 0.6 is 0 Å². The minimum absolute atomic E-state index is 0.0400. The number of anilines is 2. The van der Waals surface area contributed by atoms with Gasteiger partial charge >= 0.3 is 0 Å². The number of carbonyl (C=O) groups excluding carboxylic acids is 1. The standard InChI is InChI=1S/C13H24N6O/c1-4-6-10-12(18-14)16-9-17-13(10)19(7-5-2)8-11(20)15-3/h9H,4-8,14H2,1-3H3,(H,15,20)(H,16,17,18). The van der Waals surface area contributed by atoms with Crippen LogP contribution in [0.5, 0.6) is 0 Å². The molecular weight excluding hydrogens is 256 g/mol. The summed E-state index contributed by atoms with van der Waals surface area (Å²) >= 11 is 0. The minimum Gasteiger partial charge on any atom is -0.358 e. The Morgan fingerprint density at radius 2 is 2.10 bits per heavy atom. The Hall–Kier alpha value is -1.89. The Balaban J connectivity index is 3.13. The normalized spacial score (nSPS) is 10.2. The monoisotopic (exact) mass is 280 g/mol. The van der Waals surface area contributed by atoms with Crippen molar-refractivity contribution in [1.82, 2.24) is 15.3 Å². The summed E-state index contributed by atoms with van der Waals surface area (Å²) in [6.07, 6.45) is 4.16. The van der Waals surface area contributed by atoms with Gasteiger partial charge in [-0.2, -0.15) is 0 Å². The number of rotatable bonds is 8. The van der Waals surface area contributed by atoms with Gasteiger partial charge < -0.3 is 15.6 Å². The number of nitrogens with one attached hydrogen (secondary N) is 2. The van der Waals surface area contributed by atoms with Gasteiger partial charge in [-0.3, -0.25) is 4.79 Å². The Kier molecular flexibility index (Phi) is 6.72. The van der Waals surface area contributed by atoms with Gasteiger partial charge in [0.25, 0.3) is 0 Å². The summed E-state index contributed by atoms with van der Waals surface area (Å²) in [6.45, 7) is 5.19. The molecule has 0 fully saturated rings. The van der Waals surface area contributed by atoms with E-state index in [0.29, 0.717) is 5.82 Å². The molecule has 7 heteroatoms. The van der Waals surface area contributed by atoms with Gasteiger partial charge in [-0.25, -0.2) is 15.8 Å². The molecule has 0 aromatic carbocycles. The first-order valence-electron chi connectivity index (χ1n) is 6.93. The van der Waals surface area contributed by atoms with Crippen molar-refractivity contribution in [2.45, 2.75) is 33.1 Å². The molecule has 1 amide bonds. The van der Waals surface area contributed by atoms with Gasteiger partial charge in [0.1, 0.15) is 18.0 Å². The van der Waals surface area contributed by atoms with Crippen LogP contribution in [0.25, 0.3) is 0 Å². The summed E-state index contributed by atoms with van der Waals surface area (Å²) in [6, 6.07) is 0. The van der Waals surface area contributed by atoms with Gasteiger partial charge in [-0.15, -0.1) is 0 Å². The Morgan fingerprint density at radius 1 is 1.35 bits per heavy atom. The number of aromatic nitrogens is 2. The van der Waals surface area contributed by atoms with Crippen LogP contribution in [0.4, 0.5) is 11.6 Å². The lowest BCUT2D eigenvalue weighted by molar-refractivity contribution is -0.119. The molecule has 4 N–H and O–H groups in total. The number of hydrogen-bond donors (Lipinski definition) is 3. The maximum absolute atomic E-state index is 11.7. The van der Waals surface area contributed by atoms with Crippen LogP contribution in [0.3, 0.4) is 0 Å². The van der Waals surface area contributed by atoms with Crippen molar-refractivity contribution in [3.05, 3.63) is 11.9 Å². The Bertz CT molecular complexity index is 437. The van der Waals surface area contributed by atoms with Crippen molar-refractivity contribution in [2.24, 2.45) is 5.84 Å². The molecule has 0 aliphatic rings. The highest BCUT2D eigenvalue weighted by Gasteiger charge is 2.18. The molecule has 0 aliphatic heterocycles. The van der Waals surface area contributed by atoms with Crippen LogP contribution in [-0.2, 0) is 11.2 Å². The van der Waals surface area contributed by atoms with Crippen LogP contribution in [0.1, 0.15) is 32.3 Å². The average molecular weight is 280 g/mol. The van der Waals surface area contributed by atoms with Crippen molar-refractivity contribution in [3.8, 4) is 0 Å². The van der Waals surface area contributed by atoms with E-state index >= 15 is 0 Å². The second kappa shape index (κ2) is 8.31. The quantitative estimate of drug-likeness (QED) is 0.478. The highest BCUT2D eigenvalue weighted by Crippen LogP contribution is 2.24. The SMILES string of the molecule is CCCc1c(NN)ncnc1N(CCC)CC(=O)NC. The minimum atomic E-state index is -0.0400. The largest absolute Gasteiger partial charge is 0.358 e. The highest BCUT2D eigenvalue weighted by molar-refractivity contribution is 5.81. The van der Waals surface area contributed by atoms with Gasteiger partial charge in [0.15, 0.2) is 0 Å². The second-order valence-corrected chi connectivity index (χ2v) is 4.51. The van der Waals surface area contributed by atoms with Crippen molar-refractivity contribution < 1.29 is 4.79 Å². The molecule has 0 aliphatic carbocycles. The summed E-state index contributed by atoms with van der Waals surface area (Å²) < 4.78 is 0. The van der Waals surface area contributed by atoms with E-state index in [1.165, 1.54) is 6.33 Å². The molecule has 1 aromatic rings. The first-order chi connectivity index (χ1) is 9.67. The third-order valence-electron chi connectivity index (χ3n) is 2.97. The van der Waals surface area contributed by atoms with Gasteiger partial charge in [0, 0.05) is 19.2 Å². The lowest BCUT2D eigenvalue weighted by Gasteiger charge is -2.25. The molecule has 20 heavy (non-hydrogen) atoms. The van der Waals surface area contributed by atoms with Crippen LogP contribution in [0.15, 0.2) is 6.33 Å². The summed E-state index contributed by atoms with van der Waals surface area (Å²) in [7, 11) is 1.63. The molecule has 1 aromatic heterocycles. The summed E-state index contributed by atoms with van der Waals surface area (Å²) in [4.78, 5) is 22.1. The van der Waals surface area contributed by atoms with Crippen LogP contribution in [-0.4, -0.2) is 36.0 Å². The number of nitrogens with two attached hydrogens (primary N) is 1. The topological polar surface area (TPSA) is 96.2 Å². The predicted octanol–water partition coefficient (Wildman–Crippen LogP) is 0.677. The molecule has 0 bridgehead atoms. The average Bonchev–Trinajstić information content (AvgIpc) is 2.47. The number of hydrazine groups is 1. The van der Waals surface area contributed by atoms with Gasteiger partial charge in [0.05, 0.1) is 6.54 Å². The van der Waals surface area contributed by atoms with E-state index in [0.717, 1.165) is 37.2 Å². The maximum atomic E-state index is 11.7. The molecule has 1 heterocycles. The molecular formula is C13H24N6O. The zero-order chi connectivity index (χ0) is 15.0. The third-order valence-corrected chi connectivity index (χ3v) is 2.97. The van der Waals surface area contributed by atoms with Crippen molar-refractivity contribution >= 4 is 17.5 Å². The lowest BCUT2D eigenvalue weighted by Crippen LogP contribution is -2.37. The van der Waals surface area contributed by atoms with E-state index in [9.17, 15) is 4.79 Å². The van der Waals surface area contributed by atoms with Gasteiger partial charge in [-0.05, 0) is 12.8 Å². The smallest absolute Gasteiger partial charge is 0.239 e. The van der Waals surface area contributed by atoms with E-state index in [1.54, 1.807) is 7.05 Å². The number of likely N-dealkylation sites (N-methyl/N-ethyl adjacent to an activating group) is 1. The van der Waals surface area contributed by atoms with E-state index < -0.39 is 0 Å². The molecule has 1 rings (SSSR count). The highest BCUT2D eigenvalue weighted by atomic mass is 16.1. The first-order valence-corrected chi connectivity index (χ1v) is 6.93. The molecule has 7 nitrogen and oxygen atoms in total. The molecule has 0 saturated heterocycles. The fourth-order valence-electron chi connectivity index (χ4n) is 2.06. The third kappa shape index (κ3) is 4.06. The molecule has 112 valence electrons. The first kappa shape index (κ1) is 16.2. The predicted molar refractivity (Wildman–Crippen MR) is 80.4 cm³/mol. The van der Waals surface area contributed by atoms with Gasteiger partial charge in [-0.1, -0.05) is 20.3 Å². The van der Waals surface area contributed by atoms with Crippen molar-refractivity contribution in [3.63, 3.8) is 0 Å². The Morgan fingerprint density at radius 3 is 2.65 bits per heavy atom. The fraction of sp³-hybridized carbons (Fsp3) is 0.615. The van der Waals surface area contributed by atoms with E-state index in [2.05, 4.69) is 34.6 Å². The van der Waals surface area contributed by atoms with Crippen molar-refractivity contribution in [2.75, 3.05) is 30.5 Å². The van der Waals surface area contributed by atoms with Crippen LogP contribution < -0.4 is 21.5 Å². The molecule has 0 spiro atoms. The van der Waals surface area contributed by atoms with Crippen molar-refractivity contribution in [1.29, 1.82) is 0 Å². The lowest BCUT2D eigenvalue weighted by atomic mass is 10.1. The van der Waals surface area contributed by atoms with Gasteiger partial charge in [0.2, 0.25) is 5.91 Å². The number of nitrogen functional groups attached to an aromatic ring is 1. The summed E-state index contributed by atoms with van der Waals surface area (Å²) in [5.41, 5.74) is 3.56. The fourth-order valence-corrected chi connectivity index (χ4v) is 2.06. The molecule has 0 radical (unpaired) electrons. The maximum Gasteiger partial charge on any atom is 0.239 e. The van der Waals surface area contributed by atoms with E-state index in [1.807, 2.05) is 4.90 Å². The number of nitrogens with zero attached hydrogens (tertiary/aromatic N) is 3. The van der Waals surface area contributed by atoms with E-state index in [-0.39, 0.29) is 12.5 Å². The number of amides is 1. The van der Waals surface area contributed by atoms with Crippen LogP contribution in [0.2, 0.25) is 0 Å². The zero-order valence-corrected chi connectivity index (χ0v) is 12.4. The summed E-state index contributed by atoms with van der Waals surface area (Å²) in [5, 5.41) is 2.64. The number of hydrogen-bond acceptors (Lipinski definition) is 6. The molecule has 0 atom stereocenters.